The summed E-state index contributed by atoms with van der Waals surface area (Å²) < 4.78 is 17.3. The first kappa shape index (κ1) is 26.4. The van der Waals surface area contributed by atoms with Gasteiger partial charge in [-0.05, 0) is 60.9 Å². The van der Waals surface area contributed by atoms with Crippen LogP contribution in [0.2, 0.25) is 0 Å². The number of rotatable bonds is 11. The van der Waals surface area contributed by atoms with Gasteiger partial charge in [0.05, 0.1) is 0 Å². The van der Waals surface area contributed by atoms with Gasteiger partial charge in [-0.15, -0.1) is 10.2 Å². The molecule has 0 aliphatic heterocycles. The molecule has 0 saturated carbocycles. The SMILES string of the molecule is Cc1cccc(C)c1OCCOc1ccc(/C=C(/C#N)C(=O)Nc2nnc(COc3ccccc3)s2)cc1. The average molecular weight is 527 g/mol. The van der Waals surface area contributed by atoms with Crippen LogP contribution in [0.5, 0.6) is 17.2 Å². The van der Waals surface area contributed by atoms with Gasteiger partial charge >= 0.3 is 0 Å². The molecule has 0 unspecified atom stereocenters. The first-order valence-electron chi connectivity index (χ1n) is 11.9. The molecule has 0 aliphatic carbocycles. The summed E-state index contributed by atoms with van der Waals surface area (Å²) in [5, 5.41) is 21.0. The first-order chi connectivity index (χ1) is 18.5. The lowest BCUT2D eigenvalue weighted by Gasteiger charge is -2.12. The fraction of sp³-hybridized carbons (Fsp3) is 0.172. The molecule has 192 valence electrons. The fourth-order valence-corrected chi connectivity index (χ4v) is 4.14. The minimum Gasteiger partial charge on any atom is -0.490 e. The van der Waals surface area contributed by atoms with Gasteiger partial charge in [0.2, 0.25) is 5.13 Å². The van der Waals surface area contributed by atoms with Crippen molar-refractivity contribution in [2.45, 2.75) is 20.5 Å². The number of amides is 1. The molecule has 0 aliphatic rings. The van der Waals surface area contributed by atoms with Crippen LogP contribution in [0.1, 0.15) is 21.7 Å². The van der Waals surface area contributed by atoms with E-state index in [1.54, 1.807) is 24.3 Å². The second-order valence-corrected chi connectivity index (χ2v) is 9.28. The predicted octanol–water partition coefficient (Wildman–Crippen LogP) is 5.74. The Balaban J connectivity index is 1.27. The van der Waals surface area contributed by atoms with Gasteiger partial charge < -0.3 is 14.2 Å². The summed E-state index contributed by atoms with van der Waals surface area (Å²) in [5.74, 6) is 1.69. The molecule has 4 aromatic rings. The summed E-state index contributed by atoms with van der Waals surface area (Å²) in [7, 11) is 0. The van der Waals surface area contributed by atoms with E-state index in [1.807, 2.05) is 68.4 Å². The van der Waals surface area contributed by atoms with Gasteiger partial charge in [0, 0.05) is 0 Å². The van der Waals surface area contributed by atoms with E-state index in [2.05, 4.69) is 15.5 Å². The van der Waals surface area contributed by atoms with Crippen LogP contribution in [0.3, 0.4) is 0 Å². The molecule has 0 fully saturated rings. The highest BCUT2D eigenvalue weighted by molar-refractivity contribution is 7.15. The lowest BCUT2D eigenvalue weighted by molar-refractivity contribution is -0.112. The number of nitrogens with zero attached hydrogens (tertiary/aromatic N) is 3. The van der Waals surface area contributed by atoms with E-state index in [1.165, 1.54) is 17.4 Å². The zero-order valence-corrected chi connectivity index (χ0v) is 21.8. The van der Waals surface area contributed by atoms with Crippen molar-refractivity contribution in [3.63, 3.8) is 0 Å². The molecule has 8 nitrogen and oxygen atoms in total. The molecule has 38 heavy (non-hydrogen) atoms. The largest absolute Gasteiger partial charge is 0.490 e. The van der Waals surface area contributed by atoms with Crippen LogP contribution in [0, 0.1) is 25.2 Å². The maximum absolute atomic E-state index is 12.6. The van der Waals surface area contributed by atoms with Crippen LogP contribution in [0.4, 0.5) is 5.13 Å². The first-order valence-corrected chi connectivity index (χ1v) is 12.7. The number of aryl methyl sites for hydroxylation is 2. The molecular formula is C29H26N4O4S. The summed E-state index contributed by atoms with van der Waals surface area (Å²) in [6.45, 7) is 5.05. The van der Waals surface area contributed by atoms with Gasteiger partial charge in [-0.3, -0.25) is 10.1 Å². The van der Waals surface area contributed by atoms with E-state index in [4.69, 9.17) is 14.2 Å². The third-order valence-corrected chi connectivity index (χ3v) is 6.17. The van der Waals surface area contributed by atoms with Crippen LogP contribution in [-0.4, -0.2) is 29.3 Å². The molecule has 0 radical (unpaired) electrons. The molecule has 0 bridgehead atoms. The van der Waals surface area contributed by atoms with Gasteiger partial charge in [-0.1, -0.05) is 59.9 Å². The molecule has 3 aromatic carbocycles. The monoisotopic (exact) mass is 526 g/mol. The molecule has 1 amide bonds. The Morgan fingerprint density at radius 3 is 2.29 bits per heavy atom. The Morgan fingerprint density at radius 2 is 1.58 bits per heavy atom. The molecule has 4 rings (SSSR count). The number of nitriles is 1. The third-order valence-electron chi connectivity index (χ3n) is 5.36. The summed E-state index contributed by atoms with van der Waals surface area (Å²) in [4.78, 5) is 12.6. The van der Waals surface area contributed by atoms with Crippen molar-refractivity contribution in [3.05, 3.63) is 100 Å². The minimum absolute atomic E-state index is 0.0574. The van der Waals surface area contributed by atoms with Crippen molar-refractivity contribution in [2.24, 2.45) is 0 Å². The fourth-order valence-electron chi connectivity index (χ4n) is 3.49. The van der Waals surface area contributed by atoms with E-state index >= 15 is 0 Å². The second kappa shape index (κ2) is 13.0. The lowest BCUT2D eigenvalue weighted by Crippen LogP contribution is -2.13. The Morgan fingerprint density at radius 1 is 0.895 bits per heavy atom. The zero-order chi connectivity index (χ0) is 26.7. The molecule has 0 saturated heterocycles. The lowest BCUT2D eigenvalue weighted by atomic mass is 10.1. The van der Waals surface area contributed by atoms with Crippen molar-refractivity contribution >= 4 is 28.5 Å². The summed E-state index contributed by atoms with van der Waals surface area (Å²) in [6.07, 6.45) is 1.50. The van der Waals surface area contributed by atoms with Crippen molar-refractivity contribution < 1.29 is 19.0 Å². The average Bonchev–Trinajstić information content (AvgIpc) is 3.38. The number of hydrogen-bond donors (Lipinski definition) is 1. The van der Waals surface area contributed by atoms with Crippen LogP contribution >= 0.6 is 11.3 Å². The Labute approximate surface area is 225 Å². The summed E-state index contributed by atoms with van der Waals surface area (Å²) >= 11 is 1.18. The number of nitrogens with one attached hydrogen (secondary N) is 1. The summed E-state index contributed by atoms with van der Waals surface area (Å²) in [5.41, 5.74) is 2.80. The quantitative estimate of drug-likeness (QED) is 0.151. The Bertz CT molecular complexity index is 1420. The third kappa shape index (κ3) is 7.41. The van der Waals surface area contributed by atoms with Gasteiger partial charge in [-0.25, -0.2) is 0 Å². The number of benzene rings is 3. The maximum Gasteiger partial charge on any atom is 0.268 e. The molecule has 1 aromatic heterocycles. The number of aromatic nitrogens is 2. The number of carbonyl (C=O) groups excluding carboxylic acids is 1. The number of carbonyl (C=O) groups is 1. The standard InChI is InChI=1S/C29H26N4O4S/c1-20-7-6-8-21(2)27(20)36-16-15-35-25-13-11-22(12-14-25)17-23(18-30)28(34)31-29-33-32-26(38-29)19-37-24-9-4-3-5-10-24/h3-14,17H,15-16,19H2,1-2H3,(H,31,33,34)/b23-17-. The van der Waals surface area contributed by atoms with Gasteiger partial charge in [0.25, 0.3) is 5.91 Å². The van der Waals surface area contributed by atoms with Crippen molar-refractivity contribution in [2.75, 3.05) is 18.5 Å². The van der Waals surface area contributed by atoms with Crippen molar-refractivity contribution in [1.29, 1.82) is 5.26 Å². The number of ether oxygens (including phenoxy) is 3. The van der Waals surface area contributed by atoms with Gasteiger partial charge in [0.15, 0.2) is 5.01 Å². The second-order valence-electron chi connectivity index (χ2n) is 8.21. The van der Waals surface area contributed by atoms with E-state index in [9.17, 15) is 10.1 Å². The molecule has 1 heterocycles. The normalized spacial score (nSPS) is 10.9. The molecule has 9 heteroatoms. The van der Waals surface area contributed by atoms with Gasteiger partial charge in [-0.2, -0.15) is 5.26 Å². The van der Waals surface area contributed by atoms with Crippen LogP contribution < -0.4 is 19.5 Å². The van der Waals surface area contributed by atoms with Crippen LogP contribution in [-0.2, 0) is 11.4 Å². The number of anilines is 1. The van der Waals surface area contributed by atoms with E-state index in [0.717, 1.165) is 16.9 Å². The topological polar surface area (TPSA) is 106 Å². The highest BCUT2D eigenvalue weighted by Crippen LogP contribution is 2.23. The Hall–Kier alpha value is -4.68. The smallest absolute Gasteiger partial charge is 0.268 e. The van der Waals surface area contributed by atoms with E-state index in [0.29, 0.717) is 35.3 Å². The summed E-state index contributed by atoms with van der Waals surface area (Å²) in [6, 6.07) is 24.4. The minimum atomic E-state index is -0.567. The van der Waals surface area contributed by atoms with E-state index < -0.39 is 5.91 Å². The van der Waals surface area contributed by atoms with E-state index in [-0.39, 0.29) is 17.3 Å². The predicted molar refractivity (Wildman–Crippen MR) is 146 cm³/mol. The molecule has 0 atom stereocenters. The highest BCUT2D eigenvalue weighted by Gasteiger charge is 2.13. The number of hydrogen-bond acceptors (Lipinski definition) is 8. The van der Waals surface area contributed by atoms with Crippen LogP contribution in [0.25, 0.3) is 6.08 Å². The van der Waals surface area contributed by atoms with Crippen molar-refractivity contribution in [1.82, 2.24) is 10.2 Å². The maximum atomic E-state index is 12.6. The Kier molecular flexibility index (Phi) is 9.05. The van der Waals surface area contributed by atoms with Crippen LogP contribution in [0.15, 0.2) is 78.4 Å². The highest BCUT2D eigenvalue weighted by atomic mass is 32.1. The molecule has 1 N–H and O–H groups in total. The molecular weight excluding hydrogens is 500 g/mol. The van der Waals surface area contributed by atoms with Gasteiger partial charge in [0.1, 0.15) is 48.7 Å². The number of para-hydroxylation sites is 2. The zero-order valence-electron chi connectivity index (χ0n) is 21.0. The molecule has 0 spiro atoms. The van der Waals surface area contributed by atoms with Crippen molar-refractivity contribution in [3.8, 4) is 23.3 Å².